The Morgan fingerprint density at radius 2 is 1.88 bits per heavy atom. The van der Waals surface area contributed by atoms with Crippen LogP contribution in [0.3, 0.4) is 0 Å². The third kappa shape index (κ3) is 7.62. The number of nitrogens with zero attached hydrogens (tertiary/aromatic N) is 1. The van der Waals surface area contributed by atoms with Crippen LogP contribution < -0.4 is 10.6 Å². The van der Waals surface area contributed by atoms with Crippen LogP contribution in [0.25, 0.3) is 0 Å². The second kappa shape index (κ2) is 11.6. The Morgan fingerprint density at radius 1 is 1.04 bits per heavy atom. The molecule has 0 radical (unpaired) electrons. The lowest BCUT2D eigenvalue weighted by Gasteiger charge is -2.11. The maximum atomic E-state index is 5.69. The molecule has 1 aromatic carbocycles. The van der Waals surface area contributed by atoms with Crippen LogP contribution in [0.2, 0.25) is 0 Å². The molecule has 1 heterocycles. The van der Waals surface area contributed by atoms with Gasteiger partial charge >= 0.3 is 0 Å². The van der Waals surface area contributed by atoms with Gasteiger partial charge in [-0.1, -0.05) is 36.4 Å². The number of unbranched alkanes of at least 4 members (excludes halogenated alkanes) is 1. The van der Waals surface area contributed by atoms with Crippen molar-refractivity contribution in [3.05, 3.63) is 58.3 Å². The van der Waals surface area contributed by atoms with Gasteiger partial charge in [0.05, 0.1) is 6.61 Å². The molecule has 0 fully saturated rings. The predicted octanol–water partition coefficient (Wildman–Crippen LogP) is 3.45. The number of hydrogen-bond acceptors (Lipinski definition) is 3. The molecule has 2 rings (SSSR count). The van der Waals surface area contributed by atoms with Crippen molar-refractivity contribution in [2.75, 3.05) is 26.7 Å². The molecular weight excluding hydrogens is 318 g/mol. The molecule has 0 aliphatic carbocycles. The smallest absolute Gasteiger partial charge is 0.190 e. The number of nitrogens with one attached hydrogen (secondary N) is 2. The zero-order valence-electron chi connectivity index (χ0n) is 14.3. The molecule has 2 aromatic rings. The summed E-state index contributed by atoms with van der Waals surface area (Å²) in [6.45, 7) is 3.30. The van der Waals surface area contributed by atoms with Gasteiger partial charge < -0.3 is 15.4 Å². The molecule has 24 heavy (non-hydrogen) atoms. The summed E-state index contributed by atoms with van der Waals surface area (Å²) in [6, 6.07) is 14.5. The number of guanidine groups is 1. The quantitative estimate of drug-likeness (QED) is 0.394. The molecular formula is C19H27N3OS. The molecule has 0 unspecified atom stereocenters. The summed E-state index contributed by atoms with van der Waals surface area (Å²) in [5, 5.41) is 8.80. The van der Waals surface area contributed by atoms with Gasteiger partial charge in [-0.25, -0.2) is 0 Å². The van der Waals surface area contributed by atoms with E-state index in [1.165, 1.54) is 10.4 Å². The highest BCUT2D eigenvalue weighted by Crippen LogP contribution is 2.08. The van der Waals surface area contributed by atoms with Crippen LogP contribution >= 0.6 is 11.3 Å². The molecule has 0 spiro atoms. The highest BCUT2D eigenvalue weighted by molar-refractivity contribution is 7.09. The van der Waals surface area contributed by atoms with Crippen molar-refractivity contribution >= 4 is 17.3 Å². The molecule has 0 saturated heterocycles. The Hall–Kier alpha value is -1.85. The lowest BCUT2D eigenvalue weighted by Crippen LogP contribution is -2.38. The van der Waals surface area contributed by atoms with E-state index >= 15 is 0 Å². The van der Waals surface area contributed by atoms with E-state index in [0.29, 0.717) is 6.61 Å². The van der Waals surface area contributed by atoms with Gasteiger partial charge in [0.25, 0.3) is 0 Å². The zero-order chi connectivity index (χ0) is 16.9. The van der Waals surface area contributed by atoms with Gasteiger partial charge in [0.2, 0.25) is 0 Å². The topological polar surface area (TPSA) is 45.7 Å². The van der Waals surface area contributed by atoms with Crippen molar-refractivity contribution in [1.29, 1.82) is 0 Å². The number of hydrogen-bond donors (Lipinski definition) is 2. The molecule has 0 aliphatic rings. The summed E-state index contributed by atoms with van der Waals surface area (Å²) in [5.74, 6) is 0.872. The third-order valence-corrected chi connectivity index (χ3v) is 4.52. The van der Waals surface area contributed by atoms with E-state index in [1.807, 2.05) is 25.2 Å². The van der Waals surface area contributed by atoms with Gasteiger partial charge in [-0.2, -0.15) is 0 Å². The van der Waals surface area contributed by atoms with Crippen LogP contribution in [0.4, 0.5) is 0 Å². The van der Waals surface area contributed by atoms with Crippen molar-refractivity contribution in [3.8, 4) is 0 Å². The zero-order valence-corrected chi connectivity index (χ0v) is 15.1. The molecule has 1 aromatic heterocycles. The number of thiophene rings is 1. The van der Waals surface area contributed by atoms with Gasteiger partial charge in [0.15, 0.2) is 5.96 Å². The SMILES string of the molecule is CN=C(NCCCCOCc1ccccc1)NCCc1cccs1. The molecule has 0 bridgehead atoms. The first kappa shape index (κ1) is 18.5. The summed E-state index contributed by atoms with van der Waals surface area (Å²) in [5.41, 5.74) is 1.23. The fourth-order valence-corrected chi connectivity index (χ4v) is 2.99. The van der Waals surface area contributed by atoms with E-state index in [-0.39, 0.29) is 0 Å². The minimum Gasteiger partial charge on any atom is -0.377 e. The Kier molecular flexibility index (Phi) is 8.97. The third-order valence-electron chi connectivity index (χ3n) is 3.59. The van der Waals surface area contributed by atoms with Crippen LogP contribution in [-0.4, -0.2) is 32.7 Å². The van der Waals surface area contributed by atoms with Gasteiger partial charge in [-0.15, -0.1) is 11.3 Å². The van der Waals surface area contributed by atoms with E-state index in [9.17, 15) is 0 Å². The highest BCUT2D eigenvalue weighted by atomic mass is 32.1. The lowest BCUT2D eigenvalue weighted by atomic mass is 10.2. The minimum atomic E-state index is 0.695. The van der Waals surface area contributed by atoms with E-state index in [0.717, 1.165) is 44.9 Å². The van der Waals surface area contributed by atoms with Gasteiger partial charge in [0.1, 0.15) is 0 Å². The maximum absolute atomic E-state index is 5.69. The average molecular weight is 346 g/mol. The average Bonchev–Trinajstić information content (AvgIpc) is 3.13. The summed E-state index contributed by atoms with van der Waals surface area (Å²) >= 11 is 1.80. The van der Waals surface area contributed by atoms with Crippen LogP contribution in [0, 0.1) is 0 Å². The monoisotopic (exact) mass is 345 g/mol. The van der Waals surface area contributed by atoms with Crippen molar-refractivity contribution in [2.24, 2.45) is 4.99 Å². The van der Waals surface area contributed by atoms with Crippen molar-refractivity contribution in [2.45, 2.75) is 25.9 Å². The van der Waals surface area contributed by atoms with Crippen molar-refractivity contribution < 1.29 is 4.74 Å². The summed E-state index contributed by atoms with van der Waals surface area (Å²) < 4.78 is 5.69. The van der Waals surface area contributed by atoms with Crippen LogP contribution in [0.15, 0.2) is 52.8 Å². The number of rotatable bonds is 10. The fraction of sp³-hybridized carbons (Fsp3) is 0.421. The van der Waals surface area contributed by atoms with Crippen LogP contribution in [-0.2, 0) is 17.8 Å². The van der Waals surface area contributed by atoms with E-state index in [1.54, 1.807) is 11.3 Å². The number of ether oxygens (including phenoxy) is 1. The minimum absolute atomic E-state index is 0.695. The molecule has 130 valence electrons. The standard InChI is InChI=1S/C19H27N3OS/c1-20-19(22-13-11-18-10-7-15-24-18)21-12-5-6-14-23-16-17-8-3-2-4-9-17/h2-4,7-10,15H,5-6,11-14,16H2,1H3,(H2,20,21,22). The highest BCUT2D eigenvalue weighted by Gasteiger charge is 1.98. The van der Waals surface area contributed by atoms with Gasteiger partial charge in [0, 0.05) is 31.6 Å². The Bertz CT molecular complexity index is 570. The number of benzene rings is 1. The van der Waals surface area contributed by atoms with Gasteiger partial charge in [-0.05, 0) is 36.3 Å². The van der Waals surface area contributed by atoms with Crippen LogP contribution in [0.1, 0.15) is 23.3 Å². The van der Waals surface area contributed by atoms with E-state index < -0.39 is 0 Å². The van der Waals surface area contributed by atoms with E-state index in [4.69, 9.17) is 4.74 Å². The first-order valence-electron chi connectivity index (χ1n) is 8.47. The molecule has 0 aliphatic heterocycles. The maximum Gasteiger partial charge on any atom is 0.190 e. The Morgan fingerprint density at radius 3 is 2.62 bits per heavy atom. The normalized spacial score (nSPS) is 11.5. The second-order valence-corrected chi connectivity index (χ2v) is 6.53. The van der Waals surface area contributed by atoms with Crippen LogP contribution in [0.5, 0.6) is 0 Å². The number of aliphatic imine (C=N–C) groups is 1. The molecule has 2 N–H and O–H groups in total. The summed E-state index contributed by atoms with van der Waals surface area (Å²) in [4.78, 5) is 5.64. The first-order valence-corrected chi connectivity index (χ1v) is 9.35. The Balaban J connectivity index is 1.46. The molecule has 0 amide bonds. The van der Waals surface area contributed by atoms with E-state index in [2.05, 4.69) is 45.3 Å². The van der Waals surface area contributed by atoms with Crippen molar-refractivity contribution in [1.82, 2.24) is 10.6 Å². The van der Waals surface area contributed by atoms with Gasteiger partial charge in [-0.3, -0.25) is 4.99 Å². The second-order valence-electron chi connectivity index (χ2n) is 5.50. The molecule has 4 nitrogen and oxygen atoms in total. The molecule has 0 atom stereocenters. The fourth-order valence-electron chi connectivity index (χ4n) is 2.28. The largest absolute Gasteiger partial charge is 0.377 e. The first-order chi connectivity index (χ1) is 11.9. The van der Waals surface area contributed by atoms with Crippen molar-refractivity contribution in [3.63, 3.8) is 0 Å². The summed E-state index contributed by atoms with van der Waals surface area (Å²) in [7, 11) is 1.81. The summed E-state index contributed by atoms with van der Waals surface area (Å²) in [6.07, 6.45) is 3.15. The lowest BCUT2D eigenvalue weighted by molar-refractivity contribution is 0.117. The molecule has 0 saturated carbocycles. The predicted molar refractivity (Wildman–Crippen MR) is 103 cm³/mol. The Labute approximate surface area is 149 Å². The molecule has 5 heteroatoms.